The van der Waals surface area contributed by atoms with E-state index in [1.807, 2.05) is 13.0 Å². The molecule has 23 heavy (non-hydrogen) atoms. The number of carbonyl (C=O) groups is 2. The minimum Gasteiger partial charge on any atom is -0.469 e. The number of aromatic nitrogens is 1. The zero-order chi connectivity index (χ0) is 17.1. The van der Waals surface area contributed by atoms with Gasteiger partial charge >= 0.3 is 11.9 Å². The van der Waals surface area contributed by atoms with Crippen LogP contribution in [0.3, 0.4) is 0 Å². The Balaban J connectivity index is 2.73. The Kier molecular flexibility index (Phi) is 5.70. The molecule has 2 rings (SSSR count). The summed E-state index contributed by atoms with van der Waals surface area (Å²) in [4.78, 5) is 23.8. The van der Waals surface area contributed by atoms with Gasteiger partial charge in [-0.1, -0.05) is 18.5 Å². The molecule has 124 valence electrons. The molecule has 0 aliphatic carbocycles. The summed E-state index contributed by atoms with van der Waals surface area (Å²) in [5.41, 5.74) is 2.10. The fraction of sp³-hybridized carbons (Fsp3) is 0.375. The molecule has 0 saturated carbocycles. The van der Waals surface area contributed by atoms with Crippen molar-refractivity contribution in [1.82, 2.24) is 4.57 Å². The third kappa shape index (κ3) is 3.23. The molecule has 0 unspecified atom stereocenters. The Morgan fingerprint density at radius 2 is 1.96 bits per heavy atom. The molecule has 7 heteroatoms. The molecule has 0 saturated heterocycles. The Hall–Kier alpha value is -1.53. The van der Waals surface area contributed by atoms with Gasteiger partial charge in [-0.25, -0.2) is 4.79 Å². The summed E-state index contributed by atoms with van der Waals surface area (Å²) < 4.78 is 12.1. The van der Waals surface area contributed by atoms with Gasteiger partial charge in [0.05, 0.1) is 31.2 Å². The highest BCUT2D eigenvalue weighted by molar-refractivity contribution is 9.10. The van der Waals surface area contributed by atoms with Crippen LogP contribution < -0.4 is 0 Å². The molecule has 1 aromatic heterocycles. The fourth-order valence-corrected chi connectivity index (χ4v) is 3.40. The van der Waals surface area contributed by atoms with Crippen LogP contribution in [0, 0.1) is 0 Å². The zero-order valence-electron chi connectivity index (χ0n) is 13.1. The van der Waals surface area contributed by atoms with Crippen LogP contribution in [0.15, 0.2) is 16.6 Å². The van der Waals surface area contributed by atoms with Gasteiger partial charge in [0.1, 0.15) is 5.69 Å². The first kappa shape index (κ1) is 17.8. The topological polar surface area (TPSA) is 57.5 Å². The third-order valence-electron chi connectivity index (χ3n) is 3.72. The van der Waals surface area contributed by atoms with Crippen molar-refractivity contribution >= 4 is 50.4 Å². The Labute approximate surface area is 147 Å². The first-order valence-corrected chi connectivity index (χ1v) is 8.27. The van der Waals surface area contributed by atoms with E-state index in [0.29, 0.717) is 23.7 Å². The number of methoxy groups -OCH3 is 2. The van der Waals surface area contributed by atoms with E-state index in [0.717, 1.165) is 20.9 Å². The predicted molar refractivity (Wildman–Crippen MR) is 92.0 cm³/mol. The normalized spacial score (nSPS) is 10.8. The van der Waals surface area contributed by atoms with E-state index in [-0.39, 0.29) is 12.4 Å². The average Bonchev–Trinajstić information content (AvgIpc) is 2.89. The van der Waals surface area contributed by atoms with Gasteiger partial charge in [0.25, 0.3) is 0 Å². The molecule has 0 atom stereocenters. The molecule has 0 amide bonds. The van der Waals surface area contributed by atoms with Gasteiger partial charge in [-0.05, 0) is 40.0 Å². The van der Waals surface area contributed by atoms with E-state index in [4.69, 9.17) is 16.3 Å². The van der Waals surface area contributed by atoms with E-state index in [9.17, 15) is 9.59 Å². The molecule has 0 fully saturated rings. The van der Waals surface area contributed by atoms with E-state index >= 15 is 0 Å². The monoisotopic (exact) mass is 401 g/mol. The minimum absolute atomic E-state index is 0.160. The molecule has 2 aromatic rings. The molecule has 0 radical (unpaired) electrons. The largest absolute Gasteiger partial charge is 0.469 e. The van der Waals surface area contributed by atoms with E-state index in [1.165, 1.54) is 14.2 Å². The highest BCUT2D eigenvalue weighted by Crippen LogP contribution is 2.37. The Bertz CT molecular complexity index is 769. The van der Waals surface area contributed by atoms with Crippen LogP contribution in [0.2, 0.25) is 5.02 Å². The van der Waals surface area contributed by atoms with Crippen LogP contribution in [0.25, 0.3) is 10.9 Å². The number of nitrogens with zero attached hydrogens (tertiary/aromatic N) is 1. The molecular weight excluding hydrogens is 386 g/mol. The van der Waals surface area contributed by atoms with Crippen LogP contribution >= 0.6 is 27.5 Å². The second-order valence-corrected chi connectivity index (χ2v) is 6.11. The quantitative estimate of drug-likeness (QED) is 0.710. The fourth-order valence-electron chi connectivity index (χ4n) is 2.67. The van der Waals surface area contributed by atoms with Gasteiger partial charge in [-0.3, -0.25) is 4.79 Å². The Morgan fingerprint density at radius 3 is 2.52 bits per heavy atom. The number of fused-ring (bicyclic) bond motifs is 1. The summed E-state index contributed by atoms with van der Waals surface area (Å²) in [5.74, 6) is -0.778. The van der Waals surface area contributed by atoms with Crippen molar-refractivity contribution in [1.29, 1.82) is 0 Å². The van der Waals surface area contributed by atoms with E-state index in [2.05, 4.69) is 20.7 Å². The number of aryl methyl sites for hydroxylation is 2. The summed E-state index contributed by atoms with van der Waals surface area (Å²) in [7, 11) is 2.68. The summed E-state index contributed by atoms with van der Waals surface area (Å²) in [6, 6.07) is 3.59. The molecule has 0 bridgehead atoms. The van der Waals surface area contributed by atoms with Crippen LogP contribution in [-0.2, 0) is 27.2 Å². The van der Waals surface area contributed by atoms with Gasteiger partial charge in [-0.15, -0.1) is 0 Å². The number of halogens is 2. The highest BCUT2D eigenvalue weighted by atomic mass is 79.9. The van der Waals surface area contributed by atoms with Crippen LogP contribution in [0.1, 0.15) is 29.4 Å². The van der Waals surface area contributed by atoms with Crippen LogP contribution in [-0.4, -0.2) is 30.7 Å². The maximum Gasteiger partial charge on any atom is 0.354 e. The van der Waals surface area contributed by atoms with Crippen molar-refractivity contribution in [2.24, 2.45) is 0 Å². The van der Waals surface area contributed by atoms with Crippen molar-refractivity contribution < 1.29 is 19.1 Å². The number of ether oxygens (including phenoxy) is 2. The molecule has 0 N–H and O–H groups in total. The van der Waals surface area contributed by atoms with Crippen LogP contribution in [0.4, 0.5) is 0 Å². The molecule has 5 nitrogen and oxygen atoms in total. The van der Waals surface area contributed by atoms with Crippen LogP contribution in [0.5, 0.6) is 0 Å². The number of rotatable bonds is 5. The molecule has 0 aliphatic rings. The lowest BCUT2D eigenvalue weighted by atomic mass is 10.1. The van der Waals surface area contributed by atoms with Gasteiger partial charge in [0, 0.05) is 16.4 Å². The lowest BCUT2D eigenvalue weighted by Crippen LogP contribution is -2.15. The van der Waals surface area contributed by atoms with Crippen molar-refractivity contribution in [3.63, 3.8) is 0 Å². The van der Waals surface area contributed by atoms with E-state index in [1.54, 1.807) is 10.6 Å². The van der Waals surface area contributed by atoms with Gasteiger partial charge < -0.3 is 14.0 Å². The molecule has 1 aromatic carbocycles. The van der Waals surface area contributed by atoms with E-state index < -0.39 is 5.97 Å². The average molecular weight is 403 g/mol. The van der Waals surface area contributed by atoms with Gasteiger partial charge in [-0.2, -0.15) is 0 Å². The van der Waals surface area contributed by atoms with Crippen molar-refractivity contribution in [3.8, 4) is 0 Å². The predicted octanol–water partition coefficient (Wildman–Crippen LogP) is 3.97. The summed E-state index contributed by atoms with van der Waals surface area (Å²) >= 11 is 9.69. The van der Waals surface area contributed by atoms with Gasteiger partial charge in [0.2, 0.25) is 0 Å². The summed E-state index contributed by atoms with van der Waals surface area (Å²) in [6.07, 6.45) is 0.790. The first-order chi connectivity index (χ1) is 11.0. The molecule has 0 spiro atoms. The van der Waals surface area contributed by atoms with Crippen molar-refractivity contribution in [3.05, 3.63) is 32.9 Å². The smallest absolute Gasteiger partial charge is 0.354 e. The third-order valence-corrected chi connectivity index (χ3v) is 5.09. The molecule has 0 aliphatic heterocycles. The molecule has 1 heterocycles. The summed E-state index contributed by atoms with van der Waals surface area (Å²) in [6.45, 7) is 2.28. The standard InChI is InChI=1S/C16H17BrClNO4/c1-4-9-13-11(6-5-10(18)14(13)17)19(8-7-12(20)22-2)15(9)16(21)23-3/h5-6H,4,7-8H2,1-3H3. The number of hydrogen-bond donors (Lipinski definition) is 0. The van der Waals surface area contributed by atoms with Gasteiger partial charge in [0.15, 0.2) is 0 Å². The number of hydrogen-bond acceptors (Lipinski definition) is 4. The number of esters is 2. The minimum atomic E-state index is -0.439. The maximum absolute atomic E-state index is 12.3. The lowest BCUT2D eigenvalue weighted by molar-refractivity contribution is -0.140. The maximum atomic E-state index is 12.3. The number of carbonyl (C=O) groups excluding carboxylic acids is 2. The van der Waals surface area contributed by atoms with Crippen molar-refractivity contribution in [2.45, 2.75) is 26.3 Å². The second-order valence-electron chi connectivity index (χ2n) is 4.91. The first-order valence-electron chi connectivity index (χ1n) is 7.10. The lowest BCUT2D eigenvalue weighted by Gasteiger charge is -2.09. The summed E-state index contributed by atoms with van der Waals surface area (Å²) in [5, 5.41) is 1.43. The van der Waals surface area contributed by atoms with Crippen molar-refractivity contribution in [2.75, 3.05) is 14.2 Å². The second kappa shape index (κ2) is 7.36. The number of benzene rings is 1. The highest BCUT2D eigenvalue weighted by Gasteiger charge is 2.25. The Morgan fingerprint density at radius 1 is 1.26 bits per heavy atom. The molecular formula is C16H17BrClNO4. The SMILES string of the molecule is CCc1c(C(=O)OC)n(CCC(=O)OC)c2ccc(Cl)c(Br)c12. The zero-order valence-corrected chi connectivity index (χ0v) is 15.5.